The van der Waals surface area contributed by atoms with Crippen molar-refractivity contribution < 1.29 is 22.7 Å². The fourth-order valence-corrected chi connectivity index (χ4v) is 5.84. The van der Waals surface area contributed by atoms with Gasteiger partial charge in [0.2, 0.25) is 5.91 Å². The van der Waals surface area contributed by atoms with Crippen molar-refractivity contribution in [2.24, 2.45) is 0 Å². The number of nitrogens with zero attached hydrogens (tertiary/aromatic N) is 1. The molecular formula is C21H20ClN3O5S2. The summed E-state index contributed by atoms with van der Waals surface area (Å²) in [6.07, 6.45) is 0.666. The Labute approximate surface area is 194 Å². The van der Waals surface area contributed by atoms with Gasteiger partial charge in [-0.3, -0.25) is 9.52 Å². The van der Waals surface area contributed by atoms with E-state index < -0.39 is 10.0 Å². The highest BCUT2D eigenvalue weighted by Gasteiger charge is 2.24. The zero-order valence-corrected chi connectivity index (χ0v) is 19.6. The number of carbonyl (C=O) groups excluding carboxylic acids is 1. The van der Waals surface area contributed by atoms with E-state index in [9.17, 15) is 13.2 Å². The van der Waals surface area contributed by atoms with E-state index in [2.05, 4.69) is 15.0 Å². The summed E-state index contributed by atoms with van der Waals surface area (Å²) < 4.78 is 39.1. The zero-order valence-electron chi connectivity index (χ0n) is 17.2. The molecule has 168 valence electrons. The van der Waals surface area contributed by atoms with Gasteiger partial charge in [-0.25, -0.2) is 13.4 Å². The number of fused-ring (bicyclic) bond motifs is 1. The van der Waals surface area contributed by atoms with Crippen molar-refractivity contribution in [1.82, 2.24) is 10.3 Å². The molecule has 11 heteroatoms. The topological polar surface area (TPSA) is 107 Å². The molecule has 0 fully saturated rings. The molecule has 0 saturated heterocycles. The number of carbonyl (C=O) groups is 1. The summed E-state index contributed by atoms with van der Waals surface area (Å²) in [5.41, 5.74) is 2.25. The highest BCUT2D eigenvalue weighted by Crippen LogP contribution is 2.37. The molecule has 4 rings (SSSR count). The summed E-state index contributed by atoms with van der Waals surface area (Å²) in [4.78, 5) is 15.9. The van der Waals surface area contributed by atoms with Gasteiger partial charge < -0.3 is 14.8 Å². The van der Waals surface area contributed by atoms with Gasteiger partial charge >= 0.3 is 0 Å². The lowest BCUT2D eigenvalue weighted by Gasteiger charge is -2.26. The Morgan fingerprint density at radius 1 is 1.28 bits per heavy atom. The fourth-order valence-electron chi connectivity index (χ4n) is 3.43. The highest BCUT2D eigenvalue weighted by molar-refractivity contribution is 7.93. The molecule has 0 radical (unpaired) electrons. The number of nitrogens with one attached hydrogen (secondary N) is 2. The first-order valence-corrected chi connectivity index (χ1v) is 12.4. The number of methoxy groups -OCH3 is 1. The molecule has 8 nitrogen and oxygen atoms in total. The Bertz CT molecular complexity index is 1280. The van der Waals surface area contributed by atoms with Gasteiger partial charge in [-0.2, -0.15) is 0 Å². The molecule has 1 aromatic heterocycles. The number of rotatable bonds is 6. The lowest BCUT2D eigenvalue weighted by atomic mass is 9.97. The lowest BCUT2D eigenvalue weighted by Crippen LogP contribution is -2.30. The monoisotopic (exact) mass is 493 g/mol. The van der Waals surface area contributed by atoms with Crippen LogP contribution in [0, 0.1) is 0 Å². The summed E-state index contributed by atoms with van der Waals surface area (Å²) >= 11 is 7.13. The van der Waals surface area contributed by atoms with E-state index in [1.807, 2.05) is 18.2 Å². The Morgan fingerprint density at radius 3 is 2.84 bits per heavy atom. The molecule has 3 aromatic rings. The molecule has 1 unspecified atom stereocenters. The van der Waals surface area contributed by atoms with Crippen molar-refractivity contribution >= 4 is 44.0 Å². The van der Waals surface area contributed by atoms with E-state index in [1.165, 1.54) is 26.2 Å². The Kier molecular flexibility index (Phi) is 6.27. The summed E-state index contributed by atoms with van der Waals surface area (Å²) in [7, 11) is -2.58. The van der Waals surface area contributed by atoms with Crippen molar-refractivity contribution in [1.29, 1.82) is 0 Å². The predicted molar refractivity (Wildman–Crippen MR) is 123 cm³/mol. The van der Waals surface area contributed by atoms with Crippen LogP contribution in [-0.2, 0) is 14.8 Å². The molecular weight excluding hydrogens is 474 g/mol. The maximum Gasteiger partial charge on any atom is 0.267 e. The number of sulfonamides is 1. The van der Waals surface area contributed by atoms with Crippen LogP contribution in [0.4, 0.5) is 5.13 Å². The standard InChI is InChI=1S/C21H20ClN3O5S2/c1-12(26)23-16-7-8-30-18-5-3-13(9-15(16)18)17-11-31-21(24-17)25-32(27,28)20-10-14(22)4-6-19(20)29-2/h3-6,9-11,16H,7-8H2,1-2H3,(H,23,26)(H,24,25). The third-order valence-electron chi connectivity index (χ3n) is 4.86. The van der Waals surface area contributed by atoms with E-state index in [1.54, 1.807) is 11.4 Å². The van der Waals surface area contributed by atoms with Crippen LogP contribution in [0.3, 0.4) is 0 Å². The van der Waals surface area contributed by atoms with E-state index in [4.69, 9.17) is 21.1 Å². The van der Waals surface area contributed by atoms with Crippen LogP contribution in [0.1, 0.15) is 24.9 Å². The van der Waals surface area contributed by atoms with Gasteiger partial charge in [0.1, 0.15) is 16.4 Å². The van der Waals surface area contributed by atoms with Gasteiger partial charge in [-0.05, 0) is 36.4 Å². The molecule has 0 saturated carbocycles. The molecule has 0 spiro atoms. The second-order valence-corrected chi connectivity index (χ2v) is 10.0. The van der Waals surface area contributed by atoms with Crippen molar-refractivity contribution in [3.05, 3.63) is 52.4 Å². The van der Waals surface area contributed by atoms with Gasteiger partial charge in [0, 0.05) is 34.9 Å². The Morgan fingerprint density at radius 2 is 2.09 bits per heavy atom. The van der Waals surface area contributed by atoms with Crippen molar-refractivity contribution in [2.45, 2.75) is 24.3 Å². The van der Waals surface area contributed by atoms with Crippen LogP contribution >= 0.6 is 22.9 Å². The molecule has 0 bridgehead atoms. The number of aromatic nitrogens is 1. The van der Waals surface area contributed by atoms with Crippen LogP contribution in [0.2, 0.25) is 5.02 Å². The van der Waals surface area contributed by atoms with Crippen LogP contribution in [0.5, 0.6) is 11.5 Å². The van der Waals surface area contributed by atoms with Gasteiger partial charge in [-0.1, -0.05) is 11.6 Å². The van der Waals surface area contributed by atoms with Crippen LogP contribution < -0.4 is 19.5 Å². The van der Waals surface area contributed by atoms with E-state index in [-0.39, 0.29) is 32.7 Å². The van der Waals surface area contributed by atoms with Gasteiger partial charge in [0.15, 0.2) is 5.13 Å². The zero-order chi connectivity index (χ0) is 22.9. The molecule has 2 heterocycles. The third-order valence-corrected chi connectivity index (χ3v) is 7.35. The molecule has 1 aliphatic rings. The molecule has 32 heavy (non-hydrogen) atoms. The Balaban J connectivity index is 1.61. The van der Waals surface area contributed by atoms with E-state index in [0.29, 0.717) is 24.5 Å². The number of halogens is 1. The van der Waals surface area contributed by atoms with Crippen LogP contribution in [0.15, 0.2) is 46.7 Å². The number of hydrogen-bond donors (Lipinski definition) is 2. The maximum absolute atomic E-state index is 12.9. The number of anilines is 1. The second kappa shape index (κ2) is 8.97. The van der Waals surface area contributed by atoms with Gasteiger partial charge in [-0.15, -0.1) is 11.3 Å². The van der Waals surface area contributed by atoms with Crippen LogP contribution in [-0.4, -0.2) is 33.0 Å². The first kappa shape index (κ1) is 22.4. The largest absolute Gasteiger partial charge is 0.495 e. The smallest absolute Gasteiger partial charge is 0.267 e. The quantitative estimate of drug-likeness (QED) is 0.532. The number of benzene rings is 2. The molecule has 0 aliphatic carbocycles. The first-order valence-electron chi connectivity index (χ1n) is 9.63. The van der Waals surface area contributed by atoms with E-state index in [0.717, 1.165) is 22.5 Å². The second-order valence-electron chi connectivity index (χ2n) is 7.08. The maximum atomic E-state index is 12.9. The summed E-state index contributed by atoms with van der Waals surface area (Å²) in [6.45, 7) is 2.00. The number of ether oxygens (including phenoxy) is 2. The third kappa shape index (κ3) is 4.67. The SMILES string of the molecule is COc1ccc(Cl)cc1S(=O)(=O)Nc1nc(-c2ccc3c(c2)C(NC(C)=O)CCO3)cs1. The van der Waals surface area contributed by atoms with Gasteiger partial charge in [0.25, 0.3) is 10.0 Å². The fraction of sp³-hybridized carbons (Fsp3) is 0.238. The van der Waals surface area contributed by atoms with Crippen molar-refractivity contribution in [3.8, 4) is 22.8 Å². The van der Waals surface area contributed by atoms with Gasteiger partial charge in [0.05, 0.1) is 25.5 Å². The van der Waals surface area contributed by atoms with Crippen molar-refractivity contribution in [3.63, 3.8) is 0 Å². The number of amides is 1. The predicted octanol–water partition coefficient (Wildman–Crippen LogP) is 4.23. The first-order chi connectivity index (χ1) is 15.3. The van der Waals surface area contributed by atoms with E-state index >= 15 is 0 Å². The van der Waals surface area contributed by atoms with Crippen LogP contribution in [0.25, 0.3) is 11.3 Å². The molecule has 2 N–H and O–H groups in total. The number of thiazole rings is 1. The minimum atomic E-state index is -3.96. The number of hydrogen-bond acceptors (Lipinski definition) is 7. The summed E-state index contributed by atoms with van der Waals surface area (Å²) in [6, 6.07) is 9.80. The Hall–Kier alpha value is -2.82. The minimum Gasteiger partial charge on any atom is -0.495 e. The normalized spacial score (nSPS) is 15.4. The van der Waals surface area contributed by atoms with Crippen molar-refractivity contribution in [2.75, 3.05) is 18.4 Å². The summed E-state index contributed by atoms with van der Waals surface area (Å²) in [5, 5.41) is 5.17. The molecule has 1 aliphatic heterocycles. The minimum absolute atomic E-state index is 0.0756. The lowest BCUT2D eigenvalue weighted by molar-refractivity contribution is -0.119. The molecule has 1 amide bonds. The summed E-state index contributed by atoms with van der Waals surface area (Å²) in [5.74, 6) is 0.774. The average molecular weight is 494 g/mol. The molecule has 2 aromatic carbocycles. The average Bonchev–Trinajstić information content (AvgIpc) is 3.21. The highest BCUT2D eigenvalue weighted by atomic mass is 35.5. The molecule has 1 atom stereocenters.